The number of methoxy groups -OCH3 is 2. The van der Waals surface area contributed by atoms with Gasteiger partial charge in [0.05, 0.1) is 32.2 Å². The van der Waals surface area contributed by atoms with E-state index >= 15 is 0 Å². The van der Waals surface area contributed by atoms with Crippen molar-refractivity contribution < 1.29 is 22.6 Å². The van der Waals surface area contributed by atoms with Gasteiger partial charge in [-0.3, -0.25) is 10.8 Å². The highest BCUT2D eigenvalue weighted by Gasteiger charge is 2.42. The SMILES string of the molecule is CCCc1cc2c(N3CCN(C(=N)C(F)(F)F)C(=N)C3)nc(N3CCc4cc(OC)c(OC)cc4C3CCC)nc2s1. The molecule has 0 aliphatic carbocycles. The summed E-state index contributed by atoms with van der Waals surface area (Å²) in [5, 5.41) is 16.8. The number of anilines is 2. The maximum atomic E-state index is 13.2. The fourth-order valence-electron chi connectivity index (χ4n) is 5.82. The zero-order valence-electron chi connectivity index (χ0n) is 24.3. The van der Waals surface area contributed by atoms with Crippen LogP contribution < -0.4 is 19.3 Å². The van der Waals surface area contributed by atoms with E-state index < -0.39 is 12.0 Å². The molecular weight excluding hydrogens is 567 g/mol. The van der Waals surface area contributed by atoms with Gasteiger partial charge in [-0.05, 0) is 48.6 Å². The van der Waals surface area contributed by atoms with Gasteiger partial charge in [-0.2, -0.15) is 18.2 Å². The number of hydrogen-bond donors (Lipinski definition) is 2. The number of benzene rings is 1. The Hall–Kier alpha value is -3.61. The Kier molecular flexibility index (Phi) is 8.49. The molecule has 2 aromatic heterocycles. The number of alkyl halides is 3. The highest BCUT2D eigenvalue weighted by Crippen LogP contribution is 2.42. The molecule has 0 radical (unpaired) electrons. The quantitative estimate of drug-likeness (QED) is 0.233. The molecule has 0 saturated carbocycles. The summed E-state index contributed by atoms with van der Waals surface area (Å²) in [6.45, 7) is 4.94. The largest absolute Gasteiger partial charge is 0.493 e. The number of halogens is 3. The molecule has 3 aromatic rings. The smallest absolute Gasteiger partial charge is 0.449 e. The maximum absolute atomic E-state index is 13.2. The van der Waals surface area contributed by atoms with Gasteiger partial charge in [0.25, 0.3) is 0 Å². The second kappa shape index (κ2) is 11.9. The molecule has 0 spiro atoms. The van der Waals surface area contributed by atoms with Gasteiger partial charge in [0.1, 0.15) is 16.5 Å². The number of piperazine rings is 1. The third-order valence-electron chi connectivity index (χ3n) is 7.83. The number of thiophene rings is 1. The molecule has 2 aliphatic heterocycles. The molecule has 9 nitrogen and oxygen atoms in total. The van der Waals surface area contributed by atoms with E-state index in [9.17, 15) is 13.2 Å². The second-order valence-electron chi connectivity index (χ2n) is 10.5. The van der Waals surface area contributed by atoms with Crippen LogP contribution in [0.25, 0.3) is 10.2 Å². The first kappa shape index (κ1) is 29.9. The van der Waals surface area contributed by atoms with Crippen LogP contribution in [0, 0.1) is 10.8 Å². The lowest BCUT2D eigenvalue weighted by Gasteiger charge is -2.39. The number of hydrogen-bond acceptors (Lipinski definition) is 9. The second-order valence-corrected chi connectivity index (χ2v) is 11.7. The molecule has 1 saturated heterocycles. The third-order valence-corrected chi connectivity index (χ3v) is 8.92. The van der Waals surface area contributed by atoms with Gasteiger partial charge < -0.3 is 24.2 Å². The summed E-state index contributed by atoms with van der Waals surface area (Å²) in [7, 11) is 3.26. The van der Waals surface area contributed by atoms with Gasteiger partial charge in [-0.1, -0.05) is 26.7 Å². The highest BCUT2D eigenvalue weighted by atomic mass is 32.1. The summed E-state index contributed by atoms with van der Waals surface area (Å²) in [6.07, 6.45) is -0.377. The molecule has 1 fully saturated rings. The standard InChI is InChI=1S/C29H36F3N7O2S/c1-5-7-18-14-20-25(37-11-12-39(24(33)16-37)27(34)29(30,31)32)35-28(36-26(20)42-18)38-10-9-17-13-22(40-3)23(41-4)15-19(17)21(38)8-6-2/h13-15,21,33-34H,5-12,16H2,1-4H3. The Morgan fingerprint density at radius 2 is 1.79 bits per heavy atom. The van der Waals surface area contributed by atoms with Crippen molar-refractivity contribution in [3.63, 3.8) is 0 Å². The predicted octanol–water partition coefficient (Wildman–Crippen LogP) is 6.20. The number of amidine groups is 2. The van der Waals surface area contributed by atoms with Crippen LogP contribution in [-0.2, 0) is 12.8 Å². The normalized spacial score (nSPS) is 17.5. The molecule has 1 aromatic carbocycles. The average molecular weight is 604 g/mol. The lowest BCUT2D eigenvalue weighted by Crippen LogP contribution is -2.55. The number of aromatic nitrogens is 2. The van der Waals surface area contributed by atoms with Gasteiger partial charge in [0.15, 0.2) is 11.5 Å². The van der Waals surface area contributed by atoms with Crippen LogP contribution in [0.15, 0.2) is 18.2 Å². The van der Waals surface area contributed by atoms with Gasteiger partial charge in [0.2, 0.25) is 11.8 Å². The lowest BCUT2D eigenvalue weighted by molar-refractivity contribution is -0.0671. The van der Waals surface area contributed by atoms with E-state index in [4.69, 9.17) is 30.3 Å². The molecule has 13 heteroatoms. The first-order chi connectivity index (χ1) is 20.1. The fourth-order valence-corrected chi connectivity index (χ4v) is 6.94. The lowest BCUT2D eigenvalue weighted by atomic mass is 9.89. The molecule has 5 rings (SSSR count). The van der Waals surface area contributed by atoms with Crippen molar-refractivity contribution in [1.82, 2.24) is 14.9 Å². The van der Waals surface area contributed by atoms with E-state index in [-0.39, 0.29) is 31.5 Å². The van der Waals surface area contributed by atoms with Crippen molar-refractivity contribution in [3.05, 3.63) is 34.2 Å². The highest BCUT2D eigenvalue weighted by molar-refractivity contribution is 7.18. The third kappa shape index (κ3) is 5.58. The van der Waals surface area contributed by atoms with Crippen molar-refractivity contribution in [2.24, 2.45) is 0 Å². The molecular formula is C29H36F3N7O2S. The molecule has 0 amide bonds. The molecule has 226 valence electrons. The summed E-state index contributed by atoms with van der Waals surface area (Å²) in [5.74, 6) is 0.755. The van der Waals surface area contributed by atoms with E-state index in [0.29, 0.717) is 29.8 Å². The monoisotopic (exact) mass is 603 g/mol. The minimum absolute atomic E-state index is 0.00124. The van der Waals surface area contributed by atoms with Gasteiger partial charge in [-0.25, -0.2) is 4.98 Å². The Morgan fingerprint density at radius 3 is 2.43 bits per heavy atom. The van der Waals surface area contributed by atoms with Crippen molar-refractivity contribution in [2.75, 3.05) is 50.2 Å². The van der Waals surface area contributed by atoms with Gasteiger partial charge in [-0.15, -0.1) is 11.3 Å². The summed E-state index contributed by atoms with van der Waals surface area (Å²) >= 11 is 1.61. The molecule has 42 heavy (non-hydrogen) atoms. The van der Waals surface area contributed by atoms with Crippen molar-refractivity contribution in [2.45, 2.75) is 58.2 Å². The van der Waals surface area contributed by atoms with Crippen LogP contribution in [0.4, 0.5) is 24.9 Å². The minimum Gasteiger partial charge on any atom is -0.493 e. The molecule has 1 unspecified atom stereocenters. The predicted molar refractivity (Wildman–Crippen MR) is 160 cm³/mol. The molecule has 2 N–H and O–H groups in total. The van der Waals surface area contributed by atoms with Gasteiger partial charge >= 0.3 is 6.18 Å². The Bertz CT molecular complexity index is 1490. The maximum Gasteiger partial charge on any atom is 0.449 e. The van der Waals surface area contributed by atoms with E-state index in [2.05, 4.69) is 24.8 Å². The topological polar surface area (TPSA) is 102 Å². The van der Waals surface area contributed by atoms with Crippen LogP contribution >= 0.6 is 11.3 Å². The number of nitrogens with one attached hydrogen (secondary N) is 2. The number of rotatable bonds is 8. The first-order valence-corrected chi connectivity index (χ1v) is 15.0. The summed E-state index contributed by atoms with van der Waals surface area (Å²) < 4.78 is 50.9. The Morgan fingerprint density at radius 1 is 1.05 bits per heavy atom. The molecule has 1 atom stereocenters. The Balaban J connectivity index is 1.56. The van der Waals surface area contributed by atoms with Crippen molar-refractivity contribution in [3.8, 4) is 11.5 Å². The fraction of sp³-hybridized carbons (Fsp3) is 0.517. The summed E-state index contributed by atoms with van der Waals surface area (Å²) in [6, 6.07) is 6.16. The molecule has 2 aliphatic rings. The van der Waals surface area contributed by atoms with Crippen LogP contribution in [0.3, 0.4) is 0 Å². The average Bonchev–Trinajstić information content (AvgIpc) is 3.38. The number of ether oxygens (including phenoxy) is 2. The minimum atomic E-state index is -4.81. The van der Waals surface area contributed by atoms with Gasteiger partial charge in [0, 0.05) is 24.5 Å². The van der Waals surface area contributed by atoms with Crippen molar-refractivity contribution in [1.29, 1.82) is 10.8 Å². The van der Waals surface area contributed by atoms with Crippen LogP contribution in [0.2, 0.25) is 0 Å². The molecule has 4 heterocycles. The summed E-state index contributed by atoms with van der Waals surface area (Å²) in [5.41, 5.74) is 2.34. The zero-order chi connectivity index (χ0) is 30.2. The Labute approximate surface area is 247 Å². The van der Waals surface area contributed by atoms with Crippen LogP contribution in [0.1, 0.15) is 55.2 Å². The number of aryl methyl sites for hydroxylation is 1. The first-order valence-electron chi connectivity index (χ1n) is 14.2. The van der Waals surface area contributed by atoms with E-state index in [1.54, 1.807) is 25.6 Å². The number of fused-ring (bicyclic) bond motifs is 2. The number of nitrogens with zero attached hydrogens (tertiary/aromatic N) is 5. The van der Waals surface area contributed by atoms with E-state index in [1.165, 1.54) is 10.4 Å². The van der Waals surface area contributed by atoms with Crippen molar-refractivity contribution >= 4 is 45.0 Å². The van der Waals surface area contributed by atoms with E-state index in [1.807, 2.05) is 17.0 Å². The zero-order valence-corrected chi connectivity index (χ0v) is 25.1. The van der Waals surface area contributed by atoms with Crippen LogP contribution in [0.5, 0.6) is 11.5 Å². The van der Waals surface area contributed by atoms with Crippen LogP contribution in [-0.4, -0.2) is 73.1 Å². The summed E-state index contributed by atoms with van der Waals surface area (Å²) in [4.78, 5) is 16.9. The molecule has 0 bridgehead atoms. The van der Waals surface area contributed by atoms with E-state index in [0.717, 1.165) is 52.8 Å².